The van der Waals surface area contributed by atoms with Crippen LogP contribution in [-0.2, 0) is 0 Å². The Bertz CT molecular complexity index is 401. The van der Waals surface area contributed by atoms with Gasteiger partial charge in [0.25, 0.3) is 5.91 Å². The summed E-state index contributed by atoms with van der Waals surface area (Å²) in [6, 6.07) is 0. The molecule has 1 N–H and O–H groups in total. The second kappa shape index (κ2) is 6.26. The van der Waals surface area contributed by atoms with Gasteiger partial charge in [0.2, 0.25) is 0 Å². The molecule has 1 aliphatic heterocycles. The molecule has 0 unspecified atom stereocenters. The summed E-state index contributed by atoms with van der Waals surface area (Å²) in [4.78, 5) is 21.2. The van der Waals surface area contributed by atoms with Crippen molar-refractivity contribution in [1.29, 1.82) is 0 Å². The van der Waals surface area contributed by atoms with Crippen LogP contribution >= 0.6 is 11.3 Å². The quantitative estimate of drug-likeness (QED) is 0.860. The number of aromatic nitrogens is 1. The number of likely N-dealkylation sites (N-methyl/N-ethyl adjacent to an activating group) is 1. The molecule has 2 rings (SSSR count). The van der Waals surface area contributed by atoms with E-state index < -0.39 is 0 Å². The second-order valence-corrected chi connectivity index (χ2v) is 5.44. The summed E-state index contributed by atoms with van der Waals surface area (Å²) in [7, 11) is 1.86. The van der Waals surface area contributed by atoms with Crippen LogP contribution in [0.3, 0.4) is 0 Å². The van der Waals surface area contributed by atoms with Gasteiger partial charge in [0.15, 0.2) is 0 Å². The first-order valence-electron chi connectivity index (χ1n) is 6.27. The Kier molecular flexibility index (Phi) is 4.68. The molecule has 2 heterocycles. The van der Waals surface area contributed by atoms with Crippen LogP contribution in [0.2, 0.25) is 0 Å². The van der Waals surface area contributed by atoms with Gasteiger partial charge in [-0.2, -0.15) is 0 Å². The van der Waals surface area contributed by atoms with E-state index in [0.29, 0.717) is 0 Å². The van der Waals surface area contributed by atoms with Crippen molar-refractivity contribution in [3.63, 3.8) is 0 Å². The lowest BCUT2D eigenvalue weighted by Gasteiger charge is -2.29. The molecule has 0 aromatic carbocycles. The zero-order valence-corrected chi connectivity index (χ0v) is 11.8. The number of hydrogen-bond acceptors (Lipinski definition) is 5. The smallest absolute Gasteiger partial charge is 0.265 e. The number of hydrogen-bond donors (Lipinski definition) is 1. The van der Waals surface area contributed by atoms with Crippen molar-refractivity contribution < 1.29 is 4.79 Å². The largest absolute Gasteiger partial charge is 0.340 e. The molecule has 0 spiro atoms. The van der Waals surface area contributed by atoms with E-state index in [9.17, 15) is 4.79 Å². The predicted molar refractivity (Wildman–Crippen MR) is 73.1 cm³/mol. The molecule has 1 fully saturated rings. The first kappa shape index (κ1) is 13.5. The minimum absolute atomic E-state index is 0.0881. The highest BCUT2D eigenvalue weighted by molar-refractivity contribution is 7.11. The molecule has 1 aromatic heterocycles. The molecule has 18 heavy (non-hydrogen) atoms. The Morgan fingerprint density at radius 1 is 1.56 bits per heavy atom. The van der Waals surface area contributed by atoms with Gasteiger partial charge < -0.3 is 10.2 Å². The van der Waals surface area contributed by atoms with Crippen molar-refractivity contribution >= 4 is 17.2 Å². The number of thiazole rings is 1. The fourth-order valence-electron chi connectivity index (χ4n) is 2.01. The fourth-order valence-corrected chi connectivity index (χ4v) is 2.80. The van der Waals surface area contributed by atoms with Crippen molar-refractivity contribution in [1.82, 2.24) is 20.1 Å². The third-order valence-electron chi connectivity index (χ3n) is 3.25. The van der Waals surface area contributed by atoms with Crippen LogP contribution in [0, 0.1) is 6.92 Å². The maximum absolute atomic E-state index is 12.2. The normalized spacial score (nSPS) is 16.8. The number of aryl methyl sites for hydroxylation is 1. The first-order chi connectivity index (χ1) is 8.68. The Hall–Kier alpha value is -0.980. The van der Waals surface area contributed by atoms with Gasteiger partial charge in [-0.25, -0.2) is 4.98 Å². The lowest BCUT2D eigenvalue weighted by atomic mass is 10.3. The molecule has 6 heteroatoms. The third kappa shape index (κ3) is 3.28. The topological polar surface area (TPSA) is 48.5 Å². The Morgan fingerprint density at radius 3 is 2.89 bits per heavy atom. The van der Waals surface area contributed by atoms with E-state index in [1.807, 2.05) is 14.0 Å². The van der Waals surface area contributed by atoms with Crippen LogP contribution in [0.1, 0.15) is 15.4 Å². The number of nitrogens with one attached hydrogen (secondary N) is 1. The molecule has 0 bridgehead atoms. The molecular weight excluding hydrogens is 248 g/mol. The van der Waals surface area contributed by atoms with Crippen molar-refractivity contribution in [3.05, 3.63) is 16.1 Å². The third-order valence-corrected chi connectivity index (χ3v) is 4.16. The van der Waals surface area contributed by atoms with Crippen LogP contribution in [0.15, 0.2) is 5.51 Å². The number of rotatable bonds is 4. The summed E-state index contributed by atoms with van der Waals surface area (Å²) in [5.74, 6) is 0.0881. The molecule has 0 atom stereocenters. The van der Waals surface area contributed by atoms with Crippen molar-refractivity contribution in [2.24, 2.45) is 0 Å². The monoisotopic (exact) mass is 268 g/mol. The molecule has 1 amide bonds. The van der Waals surface area contributed by atoms with Crippen LogP contribution < -0.4 is 5.32 Å². The van der Waals surface area contributed by atoms with Gasteiger partial charge in [0, 0.05) is 46.3 Å². The highest BCUT2D eigenvalue weighted by atomic mass is 32.1. The van der Waals surface area contributed by atoms with E-state index in [4.69, 9.17) is 0 Å². The molecule has 100 valence electrons. The lowest BCUT2D eigenvalue weighted by molar-refractivity contribution is 0.0778. The Labute approximate surface area is 112 Å². The van der Waals surface area contributed by atoms with E-state index in [-0.39, 0.29) is 5.91 Å². The van der Waals surface area contributed by atoms with Crippen LogP contribution in [0.4, 0.5) is 0 Å². The predicted octanol–water partition coefficient (Wildman–Crippen LogP) is 0.429. The molecule has 1 saturated heterocycles. The van der Waals surface area contributed by atoms with Gasteiger partial charge >= 0.3 is 0 Å². The van der Waals surface area contributed by atoms with E-state index in [1.54, 1.807) is 10.4 Å². The maximum atomic E-state index is 12.2. The summed E-state index contributed by atoms with van der Waals surface area (Å²) in [5, 5.41) is 3.33. The SMILES string of the molecule is Cc1ncsc1C(=O)N(C)CCN1CCNCC1. The van der Waals surface area contributed by atoms with E-state index in [1.165, 1.54) is 11.3 Å². The van der Waals surface area contributed by atoms with Crippen molar-refractivity contribution in [3.8, 4) is 0 Å². The highest BCUT2D eigenvalue weighted by Gasteiger charge is 2.17. The van der Waals surface area contributed by atoms with Crippen LogP contribution in [0.5, 0.6) is 0 Å². The number of nitrogens with zero attached hydrogens (tertiary/aromatic N) is 3. The zero-order valence-electron chi connectivity index (χ0n) is 11.0. The summed E-state index contributed by atoms with van der Waals surface area (Å²) in [6.07, 6.45) is 0. The van der Waals surface area contributed by atoms with Gasteiger partial charge in [0.1, 0.15) is 4.88 Å². The molecule has 0 radical (unpaired) electrons. The minimum atomic E-state index is 0.0881. The lowest BCUT2D eigenvalue weighted by Crippen LogP contribution is -2.46. The maximum Gasteiger partial charge on any atom is 0.265 e. The number of carbonyl (C=O) groups excluding carboxylic acids is 1. The van der Waals surface area contributed by atoms with Gasteiger partial charge in [-0.05, 0) is 6.92 Å². The van der Waals surface area contributed by atoms with E-state index >= 15 is 0 Å². The van der Waals surface area contributed by atoms with Gasteiger partial charge in [-0.1, -0.05) is 0 Å². The number of piperazine rings is 1. The first-order valence-corrected chi connectivity index (χ1v) is 7.15. The Morgan fingerprint density at radius 2 is 2.28 bits per heavy atom. The molecule has 1 aromatic rings. The summed E-state index contributed by atoms with van der Waals surface area (Å²) in [6.45, 7) is 7.84. The molecular formula is C12H20N4OS. The molecule has 0 saturated carbocycles. The molecule has 1 aliphatic rings. The number of carbonyl (C=O) groups is 1. The zero-order chi connectivity index (χ0) is 13.0. The van der Waals surface area contributed by atoms with Crippen LogP contribution in [0.25, 0.3) is 0 Å². The summed E-state index contributed by atoms with van der Waals surface area (Å²) in [5.41, 5.74) is 2.56. The second-order valence-electron chi connectivity index (χ2n) is 4.59. The standard InChI is InChI=1S/C12H20N4OS/c1-10-11(18-9-14-10)12(17)15(2)7-8-16-5-3-13-4-6-16/h9,13H,3-8H2,1-2H3. The summed E-state index contributed by atoms with van der Waals surface area (Å²) < 4.78 is 0. The molecule has 0 aliphatic carbocycles. The fraction of sp³-hybridized carbons (Fsp3) is 0.667. The molecule has 5 nitrogen and oxygen atoms in total. The van der Waals surface area contributed by atoms with Crippen molar-refractivity contribution in [2.75, 3.05) is 46.3 Å². The van der Waals surface area contributed by atoms with E-state index in [0.717, 1.165) is 49.8 Å². The number of amides is 1. The van der Waals surface area contributed by atoms with Gasteiger partial charge in [-0.15, -0.1) is 11.3 Å². The van der Waals surface area contributed by atoms with Crippen molar-refractivity contribution in [2.45, 2.75) is 6.92 Å². The Balaban J connectivity index is 1.82. The van der Waals surface area contributed by atoms with Crippen LogP contribution in [-0.4, -0.2) is 67.0 Å². The average Bonchev–Trinajstić information content (AvgIpc) is 2.82. The average molecular weight is 268 g/mol. The van der Waals surface area contributed by atoms with Gasteiger partial charge in [0.05, 0.1) is 11.2 Å². The highest BCUT2D eigenvalue weighted by Crippen LogP contribution is 2.14. The van der Waals surface area contributed by atoms with E-state index in [2.05, 4.69) is 15.2 Å². The summed E-state index contributed by atoms with van der Waals surface area (Å²) >= 11 is 1.42. The minimum Gasteiger partial charge on any atom is -0.340 e. The van der Waals surface area contributed by atoms with Gasteiger partial charge in [-0.3, -0.25) is 9.69 Å².